The summed E-state index contributed by atoms with van der Waals surface area (Å²) in [7, 11) is 0. The number of aromatic nitrogens is 1. The second kappa shape index (κ2) is 9.07. The van der Waals surface area contributed by atoms with Gasteiger partial charge in [-0.3, -0.25) is 4.98 Å². The lowest BCUT2D eigenvalue weighted by molar-refractivity contribution is 0.0175. The number of nitrogens with one attached hydrogen (secondary N) is 1. The van der Waals surface area contributed by atoms with Crippen molar-refractivity contribution in [1.29, 1.82) is 0 Å². The fraction of sp³-hybridized carbons (Fsp3) is 0.333. The number of aliphatic hydroxyl groups is 2. The molecule has 0 spiro atoms. The fourth-order valence-corrected chi connectivity index (χ4v) is 3.39. The van der Waals surface area contributed by atoms with Gasteiger partial charge in [-0.15, -0.1) is 0 Å². The summed E-state index contributed by atoms with van der Waals surface area (Å²) in [6.45, 7) is 1.17. The van der Waals surface area contributed by atoms with Gasteiger partial charge < -0.3 is 20.4 Å². The van der Waals surface area contributed by atoms with Crippen LogP contribution in [0.4, 0.5) is 19.3 Å². The number of carbonyl (C=O) groups is 1. The van der Waals surface area contributed by atoms with Crippen LogP contribution in [-0.2, 0) is 5.92 Å². The van der Waals surface area contributed by atoms with E-state index in [0.29, 0.717) is 41.5 Å². The summed E-state index contributed by atoms with van der Waals surface area (Å²) in [4.78, 5) is 18.3. The molecule has 0 saturated carbocycles. The maximum Gasteiger partial charge on any atom is 0.322 e. The summed E-state index contributed by atoms with van der Waals surface area (Å²) in [6, 6.07) is 6.70. The van der Waals surface area contributed by atoms with Crippen LogP contribution in [0.2, 0.25) is 5.02 Å². The maximum absolute atomic E-state index is 13.3. The molecule has 30 heavy (non-hydrogen) atoms. The molecule has 0 bridgehead atoms. The van der Waals surface area contributed by atoms with Crippen LogP contribution in [0.25, 0.3) is 5.57 Å². The molecule has 2 heterocycles. The van der Waals surface area contributed by atoms with Gasteiger partial charge in [0.25, 0.3) is 5.92 Å². The zero-order chi connectivity index (χ0) is 21.9. The van der Waals surface area contributed by atoms with Crippen LogP contribution >= 0.6 is 11.6 Å². The summed E-state index contributed by atoms with van der Waals surface area (Å²) in [5.41, 5.74) is 2.19. The van der Waals surface area contributed by atoms with Crippen molar-refractivity contribution in [1.82, 2.24) is 9.88 Å². The number of hydrogen-bond acceptors (Lipinski definition) is 4. The number of nitrogens with zero attached hydrogens (tertiary/aromatic N) is 2. The van der Waals surface area contributed by atoms with Crippen molar-refractivity contribution >= 4 is 28.9 Å². The molecular weight excluding hydrogens is 416 g/mol. The Kier molecular flexibility index (Phi) is 6.70. The Bertz CT molecular complexity index is 946. The van der Waals surface area contributed by atoms with Crippen molar-refractivity contribution < 1.29 is 23.8 Å². The van der Waals surface area contributed by atoms with Gasteiger partial charge in [-0.25, -0.2) is 13.6 Å². The number of halogens is 3. The highest BCUT2D eigenvalue weighted by atomic mass is 35.5. The summed E-state index contributed by atoms with van der Waals surface area (Å²) < 4.78 is 26.6. The third-order valence-electron chi connectivity index (χ3n) is 4.86. The predicted molar refractivity (Wildman–Crippen MR) is 110 cm³/mol. The topological polar surface area (TPSA) is 85.7 Å². The Morgan fingerprint density at radius 1 is 1.37 bits per heavy atom. The summed E-state index contributed by atoms with van der Waals surface area (Å²) in [5, 5.41) is 21.8. The molecule has 0 fully saturated rings. The summed E-state index contributed by atoms with van der Waals surface area (Å²) in [5.74, 6) is -2.93. The lowest BCUT2D eigenvalue weighted by Crippen LogP contribution is -2.38. The number of urea groups is 1. The molecule has 0 unspecified atom stereocenters. The van der Waals surface area contributed by atoms with E-state index in [1.165, 1.54) is 30.5 Å². The molecule has 3 rings (SSSR count). The molecular formula is C21H22ClF2N3O3. The standard InChI is InChI=1S/C21H22ClF2N3O3/c1-21(23,24)15-2-4-16(5-3-15)26-20(30)27-8-6-13(7-9-27)19-17(22)10-14(11-25-19)18(29)12-28/h2-6,10-11,18,28-29H,7-9,12H2,1H3,(H,26,30)/t18-/m0/s1. The van der Waals surface area contributed by atoms with Crippen molar-refractivity contribution in [2.45, 2.75) is 25.4 Å². The highest BCUT2D eigenvalue weighted by Crippen LogP contribution is 2.30. The van der Waals surface area contributed by atoms with Crippen molar-refractivity contribution in [2.75, 3.05) is 25.0 Å². The largest absolute Gasteiger partial charge is 0.393 e. The molecule has 1 aromatic heterocycles. The normalized spacial score (nSPS) is 15.5. The zero-order valence-corrected chi connectivity index (χ0v) is 17.0. The predicted octanol–water partition coefficient (Wildman–Crippen LogP) is 4.19. The number of pyridine rings is 1. The van der Waals surface area contributed by atoms with Crippen LogP contribution in [0.15, 0.2) is 42.6 Å². The van der Waals surface area contributed by atoms with Gasteiger partial charge in [0.05, 0.1) is 17.3 Å². The van der Waals surface area contributed by atoms with Crippen molar-refractivity contribution in [3.8, 4) is 0 Å². The van der Waals surface area contributed by atoms with E-state index in [1.54, 1.807) is 11.0 Å². The third-order valence-corrected chi connectivity index (χ3v) is 5.15. The minimum absolute atomic E-state index is 0.118. The van der Waals surface area contributed by atoms with Crippen LogP contribution in [0.3, 0.4) is 0 Å². The number of benzene rings is 1. The van der Waals surface area contributed by atoms with E-state index in [1.807, 2.05) is 6.08 Å². The highest BCUT2D eigenvalue weighted by Gasteiger charge is 2.24. The number of carbonyl (C=O) groups excluding carboxylic acids is 1. The molecule has 0 radical (unpaired) electrons. The zero-order valence-electron chi connectivity index (χ0n) is 16.3. The first kappa shape index (κ1) is 22.1. The molecule has 1 aliphatic rings. The van der Waals surface area contributed by atoms with Gasteiger partial charge in [0.2, 0.25) is 0 Å². The minimum atomic E-state index is -2.93. The third kappa shape index (κ3) is 5.13. The number of aliphatic hydroxyl groups excluding tert-OH is 2. The molecule has 0 saturated heterocycles. The average Bonchev–Trinajstić information content (AvgIpc) is 2.73. The van der Waals surface area contributed by atoms with Gasteiger partial charge in [-0.05, 0) is 30.2 Å². The second-order valence-corrected chi connectivity index (χ2v) is 7.53. The Hall–Kier alpha value is -2.55. The molecule has 1 atom stereocenters. The van der Waals surface area contributed by atoms with Crippen LogP contribution in [0.1, 0.15) is 36.3 Å². The minimum Gasteiger partial charge on any atom is -0.393 e. The van der Waals surface area contributed by atoms with Crippen LogP contribution in [0.5, 0.6) is 0 Å². The van der Waals surface area contributed by atoms with Gasteiger partial charge in [0.1, 0.15) is 6.10 Å². The van der Waals surface area contributed by atoms with Crippen LogP contribution in [0, 0.1) is 0 Å². The Balaban J connectivity index is 1.63. The van der Waals surface area contributed by atoms with E-state index in [2.05, 4.69) is 10.3 Å². The van der Waals surface area contributed by atoms with Crippen molar-refractivity contribution in [2.24, 2.45) is 0 Å². The van der Waals surface area contributed by atoms with Crippen molar-refractivity contribution in [3.63, 3.8) is 0 Å². The van der Waals surface area contributed by atoms with E-state index in [9.17, 15) is 18.7 Å². The first-order valence-electron chi connectivity index (χ1n) is 9.37. The second-order valence-electron chi connectivity index (χ2n) is 7.12. The van der Waals surface area contributed by atoms with Gasteiger partial charge >= 0.3 is 6.03 Å². The Morgan fingerprint density at radius 2 is 2.07 bits per heavy atom. The lowest BCUT2D eigenvalue weighted by Gasteiger charge is -2.27. The first-order valence-corrected chi connectivity index (χ1v) is 9.75. The summed E-state index contributed by atoms with van der Waals surface area (Å²) in [6.07, 6.45) is 2.80. The molecule has 3 N–H and O–H groups in total. The maximum atomic E-state index is 13.3. The average molecular weight is 438 g/mol. The fourth-order valence-electron chi connectivity index (χ4n) is 3.09. The number of anilines is 1. The van der Waals surface area contributed by atoms with E-state index in [4.69, 9.17) is 16.7 Å². The molecule has 2 aromatic rings. The van der Waals surface area contributed by atoms with E-state index < -0.39 is 18.6 Å². The highest BCUT2D eigenvalue weighted by molar-refractivity contribution is 6.32. The molecule has 1 aliphatic heterocycles. The van der Waals surface area contributed by atoms with Gasteiger partial charge in [0.15, 0.2) is 0 Å². The lowest BCUT2D eigenvalue weighted by atomic mass is 10.0. The smallest absolute Gasteiger partial charge is 0.322 e. The SMILES string of the molecule is CC(F)(F)c1ccc(NC(=O)N2CC=C(c3ncc([C@@H](O)CO)cc3Cl)CC2)cc1. The first-order chi connectivity index (χ1) is 14.2. The van der Waals surface area contributed by atoms with Crippen LogP contribution in [-0.4, -0.2) is 45.8 Å². The number of amides is 2. The quantitative estimate of drug-likeness (QED) is 0.654. The van der Waals surface area contributed by atoms with Gasteiger partial charge in [-0.2, -0.15) is 0 Å². The van der Waals surface area contributed by atoms with Crippen LogP contribution < -0.4 is 5.32 Å². The molecule has 2 amide bonds. The Morgan fingerprint density at radius 3 is 2.60 bits per heavy atom. The number of alkyl halides is 2. The Labute approximate surface area is 177 Å². The molecule has 9 heteroatoms. The molecule has 0 aliphatic carbocycles. The number of rotatable bonds is 5. The van der Waals surface area contributed by atoms with Gasteiger partial charge in [0, 0.05) is 43.0 Å². The molecule has 6 nitrogen and oxygen atoms in total. The van der Waals surface area contributed by atoms with E-state index in [0.717, 1.165) is 12.5 Å². The van der Waals surface area contributed by atoms with E-state index >= 15 is 0 Å². The van der Waals surface area contributed by atoms with Gasteiger partial charge in [-0.1, -0.05) is 29.8 Å². The number of hydrogen-bond donors (Lipinski definition) is 3. The van der Waals surface area contributed by atoms with Crippen molar-refractivity contribution in [3.05, 3.63) is 64.4 Å². The monoisotopic (exact) mass is 437 g/mol. The van der Waals surface area contributed by atoms with E-state index in [-0.39, 0.29) is 11.6 Å². The molecule has 1 aromatic carbocycles. The summed E-state index contributed by atoms with van der Waals surface area (Å²) >= 11 is 6.27. The molecule has 160 valence electrons.